The Kier molecular flexibility index (Phi) is 5.85. The molecule has 5 nitrogen and oxygen atoms in total. The van der Waals surface area contributed by atoms with E-state index in [0.717, 1.165) is 41.7 Å². The highest BCUT2D eigenvalue weighted by molar-refractivity contribution is 7.85. The van der Waals surface area contributed by atoms with Gasteiger partial charge in [0.05, 0.1) is 32.6 Å². The number of hydrogen-bond acceptors (Lipinski definition) is 4. The Labute approximate surface area is 165 Å². The van der Waals surface area contributed by atoms with Gasteiger partial charge in [-0.3, -0.25) is 4.21 Å². The standard InChI is InChI=1S/C18H20Cl2N4OS/c1-11-12(2)23-18(21)16-17(11)24(10-22-16)7-3-4-8-26(25)15-6-5-13(19)9-14(15)20/h5-6,9-10H,3-4,7-8H2,1-2H3,(H2,21,23). The lowest BCUT2D eigenvalue weighted by Gasteiger charge is -2.09. The lowest BCUT2D eigenvalue weighted by atomic mass is 10.2. The molecule has 0 fully saturated rings. The molecule has 8 heteroatoms. The fourth-order valence-electron chi connectivity index (χ4n) is 2.91. The molecular weight excluding hydrogens is 391 g/mol. The van der Waals surface area contributed by atoms with Crippen molar-refractivity contribution in [2.45, 2.75) is 38.1 Å². The molecule has 0 aliphatic heterocycles. The van der Waals surface area contributed by atoms with Crippen LogP contribution in [0.25, 0.3) is 11.0 Å². The number of halogens is 2. The average Bonchev–Trinajstić information content (AvgIpc) is 3.01. The van der Waals surface area contributed by atoms with Gasteiger partial charge in [-0.15, -0.1) is 0 Å². The van der Waals surface area contributed by atoms with Crippen molar-refractivity contribution < 1.29 is 4.21 Å². The summed E-state index contributed by atoms with van der Waals surface area (Å²) in [5.74, 6) is 1.01. The average molecular weight is 411 g/mol. The summed E-state index contributed by atoms with van der Waals surface area (Å²) in [5, 5.41) is 0.993. The minimum Gasteiger partial charge on any atom is -0.382 e. The number of imidazole rings is 1. The second kappa shape index (κ2) is 7.94. The molecule has 1 unspecified atom stereocenters. The molecule has 3 aromatic rings. The van der Waals surface area contributed by atoms with Crippen LogP contribution in [0.1, 0.15) is 24.1 Å². The summed E-state index contributed by atoms with van der Waals surface area (Å²) in [6, 6.07) is 5.06. The molecule has 0 saturated heterocycles. The Bertz CT molecular complexity index is 987. The number of nitrogens with two attached hydrogens (primary N) is 1. The van der Waals surface area contributed by atoms with Crippen molar-refractivity contribution in [1.82, 2.24) is 14.5 Å². The molecule has 0 aliphatic rings. The topological polar surface area (TPSA) is 73.8 Å². The van der Waals surface area contributed by atoms with E-state index in [0.29, 0.717) is 26.5 Å². The molecule has 2 N–H and O–H groups in total. The Balaban J connectivity index is 1.64. The number of anilines is 1. The van der Waals surface area contributed by atoms with Crippen LogP contribution in [0, 0.1) is 13.8 Å². The highest BCUT2D eigenvalue weighted by Gasteiger charge is 2.13. The van der Waals surface area contributed by atoms with Gasteiger partial charge < -0.3 is 10.3 Å². The maximum absolute atomic E-state index is 12.4. The van der Waals surface area contributed by atoms with Crippen LogP contribution >= 0.6 is 23.2 Å². The maximum Gasteiger partial charge on any atom is 0.151 e. The van der Waals surface area contributed by atoms with Crippen molar-refractivity contribution in [1.29, 1.82) is 0 Å². The second-order valence-corrected chi connectivity index (χ2v) is 8.56. The molecule has 1 aromatic carbocycles. The van der Waals surface area contributed by atoms with Crippen LogP contribution in [0.3, 0.4) is 0 Å². The minimum absolute atomic E-state index is 0.450. The van der Waals surface area contributed by atoms with Gasteiger partial charge in [-0.05, 0) is 50.5 Å². The Morgan fingerprint density at radius 2 is 2.00 bits per heavy atom. The van der Waals surface area contributed by atoms with Crippen LogP contribution in [-0.2, 0) is 17.3 Å². The van der Waals surface area contributed by atoms with Crippen LogP contribution < -0.4 is 5.73 Å². The zero-order valence-corrected chi connectivity index (χ0v) is 17.0. The molecule has 2 heterocycles. The number of aromatic nitrogens is 3. The highest BCUT2D eigenvalue weighted by Crippen LogP contribution is 2.25. The molecule has 26 heavy (non-hydrogen) atoms. The number of nitrogen functional groups attached to an aromatic ring is 1. The zero-order valence-electron chi connectivity index (χ0n) is 14.6. The van der Waals surface area contributed by atoms with Gasteiger partial charge in [0.1, 0.15) is 5.52 Å². The van der Waals surface area contributed by atoms with Crippen LogP contribution in [-0.4, -0.2) is 24.5 Å². The maximum atomic E-state index is 12.4. The van der Waals surface area contributed by atoms with Gasteiger partial charge in [0.15, 0.2) is 5.82 Å². The van der Waals surface area contributed by atoms with Crippen molar-refractivity contribution in [2.24, 2.45) is 0 Å². The van der Waals surface area contributed by atoms with E-state index in [9.17, 15) is 4.21 Å². The van der Waals surface area contributed by atoms with Crippen LogP contribution in [0.2, 0.25) is 10.0 Å². The number of rotatable bonds is 6. The molecule has 2 aromatic heterocycles. The first-order valence-electron chi connectivity index (χ1n) is 8.29. The number of pyridine rings is 1. The van der Waals surface area contributed by atoms with Crippen LogP contribution in [0.5, 0.6) is 0 Å². The van der Waals surface area contributed by atoms with E-state index in [4.69, 9.17) is 28.9 Å². The Hall–Kier alpha value is -1.63. The third-order valence-electron chi connectivity index (χ3n) is 4.38. The van der Waals surface area contributed by atoms with Gasteiger partial charge in [0.25, 0.3) is 0 Å². The predicted octanol–water partition coefficient (Wildman–Crippen LogP) is 4.53. The number of benzene rings is 1. The lowest BCUT2D eigenvalue weighted by Crippen LogP contribution is -2.04. The zero-order chi connectivity index (χ0) is 18.8. The minimum atomic E-state index is -1.14. The Morgan fingerprint density at radius 1 is 1.23 bits per heavy atom. The molecule has 138 valence electrons. The van der Waals surface area contributed by atoms with Gasteiger partial charge in [-0.25, -0.2) is 9.97 Å². The van der Waals surface area contributed by atoms with Crippen molar-refractivity contribution in [3.05, 3.63) is 45.8 Å². The molecule has 0 aliphatic carbocycles. The molecule has 0 radical (unpaired) electrons. The molecule has 0 amide bonds. The molecule has 1 atom stereocenters. The normalized spacial score (nSPS) is 12.6. The van der Waals surface area contributed by atoms with Gasteiger partial charge in [0, 0.05) is 23.0 Å². The molecule has 0 spiro atoms. The van der Waals surface area contributed by atoms with E-state index in [1.54, 1.807) is 24.5 Å². The molecule has 0 saturated carbocycles. The van der Waals surface area contributed by atoms with Crippen molar-refractivity contribution in [3.63, 3.8) is 0 Å². The molecule has 3 rings (SSSR count). The third-order valence-corrected chi connectivity index (χ3v) is 6.55. The fourth-order valence-corrected chi connectivity index (χ4v) is 4.76. The van der Waals surface area contributed by atoms with Crippen molar-refractivity contribution in [2.75, 3.05) is 11.5 Å². The van der Waals surface area contributed by atoms with Gasteiger partial charge >= 0.3 is 0 Å². The van der Waals surface area contributed by atoms with Crippen molar-refractivity contribution in [3.8, 4) is 0 Å². The summed E-state index contributed by atoms with van der Waals surface area (Å²) in [4.78, 5) is 9.34. The van der Waals surface area contributed by atoms with E-state index in [2.05, 4.69) is 14.5 Å². The van der Waals surface area contributed by atoms with Crippen LogP contribution in [0.15, 0.2) is 29.4 Å². The third kappa shape index (κ3) is 3.87. The first kappa shape index (κ1) is 19.1. The monoisotopic (exact) mass is 410 g/mol. The summed E-state index contributed by atoms with van der Waals surface area (Å²) >= 11 is 12.0. The van der Waals surface area contributed by atoms with Crippen molar-refractivity contribution >= 4 is 50.9 Å². The van der Waals surface area contributed by atoms with Crippen LogP contribution in [0.4, 0.5) is 5.82 Å². The SMILES string of the molecule is Cc1nc(N)c2ncn(CCCCS(=O)c3ccc(Cl)cc3Cl)c2c1C. The first-order valence-corrected chi connectivity index (χ1v) is 10.4. The second-order valence-electron chi connectivity index (χ2n) is 6.17. The van der Waals surface area contributed by atoms with Gasteiger partial charge in [0.2, 0.25) is 0 Å². The number of hydrogen-bond donors (Lipinski definition) is 1. The van der Waals surface area contributed by atoms with Gasteiger partial charge in [-0.2, -0.15) is 0 Å². The van der Waals surface area contributed by atoms with E-state index in [1.165, 1.54) is 0 Å². The molecule has 0 bridgehead atoms. The lowest BCUT2D eigenvalue weighted by molar-refractivity contribution is 0.638. The number of fused-ring (bicyclic) bond motifs is 1. The highest BCUT2D eigenvalue weighted by atomic mass is 35.5. The Morgan fingerprint density at radius 3 is 2.73 bits per heavy atom. The van der Waals surface area contributed by atoms with Gasteiger partial charge in [-0.1, -0.05) is 23.2 Å². The van der Waals surface area contributed by atoms with E-state index < -0.39 is 10.8 Å². The predicted molar refractivity (Wildman–Crippen MR) is 108 cm³/mol. The van der Waals surface area contributed by atoms with E-state index in [1.807, 2.05) is 13.8 Å². The summed E-state index contributed by atoms with van der Waals surface area (Å²) < 4.78 is 14.5. The number of unbranched alkanes of at least 4 members (excludes halogenated alkanes) is 1. The summed E-state index contributed by atoms with van der Waals surface area (Å²) in [5.41, 5.74) is 9.74. The largest absolute Gasteiger partial charge is 0.382 e. The smallest absolute Gasteiger partial charge is 0.151 e. The summed E-state index contributed by atoms with van der Waals surface area (Å²) in [7, 11) is -1.14. The molecular formula is C18H20Cl2N4OS. The van der Waals surface area contributed by atoms with E-state index >= 15 is 0 Å². The summed E-state index contributed by atoms with van der Waals surface area (Å²) in [6.45, 7) is 4.76. The number of nitrogens with zero attached hydrogens (tertiary/aromatic N) is 3. The van der Waals surface area contributed by atoms with E-state index in [-0.39, 0.29) is 0 Å². The number of aryl methyl sites for hydroxylation is 3. The summed E-state index contributed by atoms with van der Waals surface area (Å²) in [6.07, 6.45) is 3.48. The quantitative estimate of drug-likeness (QED) is 0.605. The first-order chi connectivity index (χ1) is 12.4. The fraction of sp³-hybridized carbons (Fsp3) is 0.333.